The fraction of sp³-hybridized carbons (Fsp3) is 0.273. The Morgan fingerprint density at radius 1 is 1.35 bits per heavy atom. The Morgan fingerprint density at radius 3 is 2.35 bits per heavy atom. The number of rotatable bonds is 4. The van der Waals surface area contributed by atoms with Crippen molar-refractivity contribution in [2.45, 2.75) is 6.92 Å². The van der Waals surface area contributed by atoms with E-state index in [4.69, 9.17) is 9.47 Å². The van der Waals surface area contributed by atoms with Crippen LogP contribution in [0.4, 0.5) is 10.1 Å². The largest absolute Gasteiger partial charge is 0.492 e. The smallest absolute Gasteiger partial charge is 0.221 e. The number of carbonyl (C=O) groups is 2. The van der Waals surface area contributed by atoms with Crippen molar-refractivity contribution in [2.24, 2.45) is 0 Å². The van der Waals surface area contributed by atoms with Crippen LogP contribution >= 0.6 is 0 Å². The van der Waals surface area contributed by atoms with E-state index in [1.165, 1.54) is 21.1 Å². The lowest BCUT2D eigenvalue weighted by Crippen LogP contribution is -2.10. The van der Waals surface area contributed by atoms with Crippen LogP contribution in [-0.4, -0.2) is 26.4 Å². The number of hydrogen-bond acceptors (Lipinski definition) is 4. The summed E-state index contributed by atoms with van der Waals surface area (Å²) in [5.41, 5.74) is 0.0728. The summed E-state index contributed by atoms with van der Waals surface area (Å²) < 4.78 is 23.3. The van der Waals surface area contributed by atoms with Crippen molar-refractivity contribution in [3.8, 4) is 11.5 Å². The Morgan fingerprint density at radius 2 is 1.94 bits per heavy atom. The summed E-state index contributed by atoms with van der Waals surface area (Å²) in [4.78, 5) is 21.9. The fourth-order valence-corrected chi connectivity index (χ4v) is 1.43. The van der Waals surface area contributed by atoms with E-state index >= 15 is 0 Å². The second kappa shape index (κ2) is 5.29. The van der Waals surface area contributed by atoms with E-state index in [0.717, 1.165) is 6.07 Å². The van der Waals surface area contributed by atoms with Crippen LogP contribution in [0.15, 0.2) is 6.07 Å². The van der Waals surface area contributed by atoms with Crippen LogP contribution in [0.25, 0.3) is 0 Å². The maximum absolute atomic E-state index is 13.6. The van der Waals surface area contributed by atoms with Gasteiger partial charge in [-0.3, -0.25) is 9.59 Å². The molecule has 0 unspecified atom stereocenters. The summed E-state index contributed by atoms with van der Waals surface area (Å²) in [6.07, 6.45) is 0.464. The minimum Gasteiger partial charge on any atom is -0.492 e. The summed E-state index contributed by atoms with van der Waals surface area (Å²) in [6.45, 7) is 1.25. The van der Waals surface area contributed by atoms with Gasteiger partial charge in [0.2, 0.25) is 5.91 Å². The van der Waals surface area contributed by atoms with E-state index in [1.54, 1.807) is 0 Å². The lowest BCUT2D eigenvalue weighted by Gasteiger charge is -2.14. The average molecular weight is 241 g/mol. The Kier molecular flexibility index (Phi) is 4.03. The standard InChI is InChI=1S/C11H12FNO4/c1-6(15)13-9-4-8(12)11(17-3)10(16-2)7(9)5-14/h4-5H,1-3H3,(H,13,15). The number of methoxy groups -OCH3 is 2. The highest BCUT2D eigenvalue weighted by atomic mass is 19.1. The van der Waals surface area contributed by atoms with Crippen LogP contribution in [0, 0.1) is 5.82 Å². The molecule has 0 saturated carbocycles. The molecule has 0 aliphatic heterocycles. The van der Waals surface area contributed by atoms with E-state index in [0.29, 0.717) is 6.29 Å². The van der Waals surface area contributed by atoms with Gasteiger partial charge in [-0.25, -0.2) is 4.39 Å². The molecule has 1 amide bonds. The first kappa shape index (κ1) is 13.0. The Bertz CT molecular complexity index is 459. The van der Waals surface area contributed by atoms with Crippen LogP contribution in [-0.2, 0) is 4.79 Å². The molecule has 1 aromatic rings. The predicted octanol–water partition coefficient (Wildman–Crippen LogP) is 1.61. The summed E-state index contributed by atoms with van der Waals surface area (Å²) in [5.74, 6) is -1.37. The van der Waals surface area contributed by atoms with Crippen LogP contribution in [0.5, 0.6) is 11.5 Å². The van der Waals surface area contributed by atoms with Gasteiger partial charge in [-0.2, -0.15) is 0 Å². The first-order chi connectivity index (χ1) is 8.04. The highest BCUT2D eigenvalue weighted by Gasteiger charge is 2.20. The first-order valence-electron chi connectivity index (χ1n) is 4.72. The number of nitrogens with one attached hydrogen (secondary N) is 1. The van der Waals surface area contributed by atoms with Crippen LogP contribution in [0.2, 0.25) is 0 Å². The SMILES string of the molecule is COc1c(F)cc(NC(C)=O)c(C=O)c1OC. The molecule has 0 atom stereocenters. The minimum absolute atomic E-state index is 0.0287. The molecule has 0 saturated heterocycles. The topological polar surface area (TPSA) is 64.6 Å². The Labute approximate surface area is 97.5 Å². The lowest BCUT2D eigenvalue weighted by molar-refractivity contribution is -0.114. The van der Waals surface area contributed by atoms with Gasteiger partial charge < -0.3 is 14.8 Å². The number of hydrogen-bond donors (Lipinski definition) is 1. The third kappa shape index (κ3) is 2.52. The molecule has 0 aliphatic carbocycles. The van der Waals surface area contributed by atoms with Gasteiger partial charge in [0.1, 0.15) is 0 Å². The van der Waals surface area contributed by atoms with E-state index < -0.39 is 11.7 Å². The molecule has 0 aliphatic rings. The number of carbonyl (C=O) groups excluding carboxylic acids is 2. The molecule has 0 fully saturated rings. The van der Waals surface area contributed by atoms with Gasteiger partial charge in [0.15, 0.2) is 23.6 Å². The highest BCUT2D eigenvalue weighted by molar-refractivity contribution is 5.97. The number of aldehydes is 1. The van der Waals surface area contributed by atoms with Gasteiger partial charge in [-0.15, -0.1) is 0 Å². The molecule has 1 N–H and O–H groups in total. The van der Waals surface area contributed by atoms with Crippen LogP contribution < -0.4 is 14.8 Å². The maximum Gasteiger partial charge on any atom is 0.221 e. The van der Waals surface area contributed by atoms with Crippen molar-refractivity contribution < 1.29 is 23.5 Å². The summed E-state index contributed by atoms with van der Waals surface area (Å²) in [7, 11) is 2.54. The van der Waals surface area contributed by atoms with E-state index in [9.17, 15) is 14.0 Å². The molecule has 1 rings (SSSR count). The molecule has 6 heteroatoms. The Hall–Kier alpha value is -2.11. The van der Waals surface area contributed by atoms with Crippen LogP contribution in [0.1, 0.15) is 17.3 Å². The summed E-state index contributed by atoms with van der Waals surface area (Å²) in [6, 6.07) is 1.01. The Balaban J connectivity index is 3.47. The first-order valence-corrected chi connectivity index (χ1v) is 4.72. The molecule has 92 valence electrons. The second-order valence-electron chi connectivity index (χ2n) is 3.19. The molecule has 0 radical (unpaired) electrons. The molecule has 5 nitrogen and oxygen atoms in total. The van der Waals surface area contributed by atoms with E-state index in [1.807, 2.05) is 0 Å². The molecule has 0 spiro atoms. The van der Waals surface area contributed by atoms with Crippen molar-refractivity contribution in [1.29, 1.82) is 0 Å². The fourth-order valence-electron chi connectivity index (χ4n) is 1.43. The van der Waals surface area contributed by atoms with Crippen molar-refractivity contribution in [2.75, 3.05) is 19.5 Å². The van der Waals surface area contributed by atoms with Crippen molar-refractivity contribution in [3.05, 3.63) is 17.4 Å². The number of halogens is 1. The van der Waals surface area contributed by atoms with Gasteiger partial charge in [-0.05, 0) is 0 Å². The monoisotopic (exact) mass is 241 g/mol. The molecular formula is C11H12FNO4. The van der Waals surface area contributed by atoms with Crippen molar-refractivity contribution in [1.82, 2.24) is 0 Å². The molecular weight excluding hydrogens is 229 g/mol. The number of ether oxygens (including phenoxy) is 2. The summed E-state index contributed by atoms with van der Waals surface area (Å²) in [5, 5.41) is 2.35. The third-order valence-electron chi connectivity index (χ3n) is 2.07. The number of anilines is 1. The zero-order valence-electron chi connectivity index (χ0n) is 9.67. The van der Waals surface area contributed by atoms with Gasteiger partial charge in [0.25, 0.3) is 0 Å². The predicted molar refractivity (Wildman–Crippen MR) is 59.2 cm³/mol. The summed E-state index contributed by atoms with van der Waals surface area (Å²) >= 11 is 0. The van der Waals surface area contributed by atoms with E-state index in [2.05, 4.69) is 5.32 Å². The van der Waals surface area contributed by atoms with Crippen LogP contribution in [0.3, 0.4) is 0 Å². The molecule has 1 aromatic carbocycles. The van der Waals surface area contributed by atoms with Gasteiger partial charge >= 0.3 is 0 Å². The highest BCUT2D eigenvalue weighted by Crippen LogP contribution is 2.37. The minimum atomic E-state index is -0.723. The van der Waals surface area contributed by atoms with Gasteiger partial charge in [0.05, 0.1) is 25.5 Å². The normalized spacial score (nSPS) is 9.65. The lowest BCUT2D eigenvalue weighted by atomic mass is 10.1. The molecule has 0 bridgehead atoms. The third-order valence-corrected chi connectivity index (χ3v) is 2.07. The number of benzene rings is 1. The quantitative estimate of drug-likeness (QED) is 0.813. The second-order valence-corrected chi connectivity index (χ2v) is 3.19. The van der Waals surface area contributed by atoms with Crippen molar-refractivity contribution in [3.63, 3.8) is 0 Å². The molecule has 17 heavy (non-hydrogen) atoms. The molecule has 0 aromatic heterocycles. The average Bonchev–Trinajstić information content (AvgIpc) is 2.27. The zero-order valence-corrected chi connectivity index (χ0v) is 9.67. The number of amides is 1. The molecule has 0 heterocycles. The van der Waals surface area contributed by atoms with Gasteiger partial charge in [0, 0.05) is 13.0 Å². The van der Waals surface area contributed by atoms with E-state index in [-0.39, 0.29) is 22.7 Å². The zero-order chi connectivity index (χ0) is 13.0. The maximum atomic E-state index is 13.6. The van der Waals surface area contributed by atoms with Gasteiger partial charge in [-0.1, -0.05) is 0 Å². The van der Waals surface area contributed by atoms with Crippen molar-refractivity contribution >= 4 is 17.9 Å².